The molecule has 12 N–H and O–H groups in total. The van der Waals surface area contributed by atoms with Crippen LogP contribution in [0.1, 0.15) is 320 Å². The number of rotatable bonds is 9. The van der Waals surface area contributed by atoms with Crippen LogP contribution in [0, 0.1) is 59.2 Å². The minimum atomic E-state index is 0. The second-order valence-electron chi connectivity index (χ2n) is 28.2. The summed E-state index contributed by atoms with van der Waals surface area (Å²) in [7, 11) is 0. The molecule has 606 valence electrons. The van der Waals surface area contributed by atoms with Crippen LogP contribution in [0.15, 0.2) is 0 Å². The highest BCUT2D eigenvalue weighted by molar-refractivity contribution is 4.79. The van der Waals surface area contributed by atoms with Crippen LogP contribution < -0.4 is 63.8 Å². The molecule has 9 aliphatic rings. The van der Waals surface area contributed by atoms with Crippen molar-refractivity contribution >= 4 is 0 Å². The van der Waals surface area contributed by atoms with Gasteiger partial charge in [0.2, 0.25) is 0 Å². The van der Waals surface area contributed by atoms with Gasteiger partial charge in [-0.15, -0.1) is 0 Å². The van der Waals surface area contributed by atoms with E-state index in [-0.39, 0.29) is 7.43 Å². The van der Waals surface area contributed by atoms with Gasteiger partial charge in [0, 0.05) is 102 Å². The lowest BCUT2D eigenvalue weighted by Crippen LogP contribution is -2.51. The maximum absolute atomic E-state index is 3.52. The zero-order valence-corrected chi connectivity index (χ0v) is 73.5. The molecule has 9 fully saturated rings. The van der Waals surface area contributed by atoms with E-state index < -0.39 is 0 Å². The molecule has 0 aromatic carbocycles. The van der Waals surface area contributed by atoms with Crippen LogP contribution in [0.25, 0.3) is 0 Å². The van der Waals surface area contributed by atoms with Crippen LogP contribution in [0.3, 0.4) is 0 Å². The Morgan fingerprint density at radius 3 is 0.918 bits per heavy atom. The Bertz CT molecular complexity index is 985. The third kappa shape index (κ3) is 73.7. The minimum Gasteiger partial charge on any atom is -0.317 e. The molecule has 0 saturated carbocycles. The molecule has 0 aliphatic carbocycles. The molecule has 0 aromatic rings. The normalized spacial score (nSPS) is 21.7. The van der Waals surface area contributed by atoms with Crippen LogP contribution in [0.5, 0.6) is 0 Å². The number of likely N-dealkylation sites (tertiary alicyclic amines) is 1. The number of hydrogen-bond acceptors (Lipinski definition) is 14. The third-order valence-electron chi connectivity index (χ3n) is 18.3. The number of hydrogen-bond donors (Lipinski definition) is 12. The Hall–Kier alpha value is -0.560. The van der Waals surface area contributed by atoms with Crippen molar-refractivity contribution in [2.75, 3.05) is 138 Å². The van der Waals surface area contributed by atoms with Gasteiger partial charge in [0.25, 0.3) is 0 Å². The molecule has 0 radical (unpaired) electrons. The Kier molecular flexibility index (Phi) is 107. The molecule has 9 heterocycles. The molecule has 98 heavy (non-hydrogen) atoms. The summed E-state index contributed by atoms with van der Waals surface area (Å²) in [5.41, 5.74) is 0. The van der Waals surface area contributed by atoms with E-state index in [9.17, 15) is 0 Å². The molecule has 14 nitrogen and oxygen atoms in total. The summed E-state index contributed by atoms with van der Waals surface area (Å²) >= 11 is 0. The van der Waals surface area contributed by atoms with Crippen molar-refractivity contribution in [3.8, 4) is 0 Å². The van der Waals surface area contributed by atoms with Gasteiger partial charge in [0.05, 0.1) is 6.17 Å². The van der Waals surface area contributed by atoms with E-state index in [0.29, 0.717) is 18.1 Å². The van der Waals surface area contributed by atoms with Crippen molar-refractivity contribution in [2.45, 2.75) is 356 Å². The predicted octanol–water partition coefficient (Wildman–Crippen LogP) is 17.8. The van der Waals surface area contributed by atoms with E-state index in [4.69, 9.17) is 0 Å². The first-order valence-corrected chi connectivity index (χ1v) is 42.8. The van der Waals surface area contributed by atoms with Crippen molar-refractivity contribution in [3.05, 3.63) is 0 Å². The van der Waals surface area contributed by atoms with Gasteiger partial charge in [-0.05, 0) is 217 Å². The highest BCUT2D eigenvalue weighted by atomic mass is 15.2. The van der Waals surface area contributed by atoms with Gasteiger partial charge in [-0.2, -0.15) is 0 Å². The summed E-state index contributed by atoms with van der Waals surface area (Å²) in [5, 5.41) is 40.5. The van der Waals surface area contributed by atoms with Crippen LogP contribution in [0.2, 0.25) is 0 Å². The van der Waals surface area contributed by atoms with Crippen molar-refractivity contribution in [1.29, 1.82) is 0 Å². The highest BCUT2D eigenvalue weighted by Crippen LogP contribution is 2.21. The van der Waals surface area contributed by atoms with Crippen molar-refractivity contribution in [3.63, 3.8) is 0 Å². The van der Waals surface area contributed by atoms with Crippen LogP contribution in [0.4, 0.5) is 0 Å². The lowest BCUT2D eigenvalue weighted by molar-refractivity contribution is 0.185. The fourth-order valence-electron chi connectivity index (χ4n) is 11.7. The van der Waals surface area contributed by atoms with E-state index in [1.54, 1.807) is 0 Å². The molecule has 9 aliphatic heterocycles. The molecule has 4 atom stereocenters. The van der Waals surface area contributed by atoms with Gasteiger partial charge in [-0.25, -0.2) is 0 Å². The smallest absolute Gasteiger partial charge is 0.0595 e. The van der Waals surface area contributed by atoms with E-state index in [0.717, 1.165) is 123 Å². The van der Waals surface area contributed by atoms with Crippen LogP contribution in [-0.4, -0.2) is 184 Å². The summed E-state index contributed by atoms with van der Waals surface area (Å²) in [6.45, 7) is 97.9. The van der Waals surface area contributed by atoms with Crippen LogP contribution >= 0.6 is 0 Å². The van der Waals surface area contributed by atoms with Gasteiger partial charge in [0.15, 0.2) is 0 Å². The molecule has 9 saturated heterocycles. The molecule has 9 rings (SSSR count). The maximum Gasteiger partial charge on any atom is 0.0595 e. The molecule has 0 amide bonds. The fraction of sp³-hybridized carbons (Fsp3) is 1.00. The fourth-order valence-corrected chi connectivity index (χ4v) is 11.7. The molecule has 0 aromatic heterocycles. The zero-order chi connectivity index (χ0) is 76.2. The molecule has 4 unspecified atom stereocenters. The summed E-state index contributed by atoms with van der Waals surface area (Å²) in [5.74, 6) is 8.43. The van der Waals surface area contributed by atoms with Crippen molar-refractivity contribution in [1.82, 2.24) is 73.6 Å². The Morgan fingerprint density at radius 1 is 0.235 bits per heavy atom. The minimum absolute atomic E-state index is 0. The average Bonchev–Trinajstić information content (AvgIpc) is 3.83. The molecule has 0 spiro atoms. The standard InChI is InChI=1S/4C8H17N.5C7H16N2.8C2H6.CH4/c1-7(2)8-3-5-9-6-4-8;1-7(2)8-4-3-5-9-6-8;1-8(2)9-6-4-3-5-7-9;1-7(2)8-5-3-4-6-9-8;1-6(2)7-3-8-5-9-4-7;1-7(2)9-5-3-8-4-6-9;1-6(2)7-5-8-3-4-9-7;1-6(2)7-3-4-8-5-9-7;1-6(2)7-8-4-3-5-9-7;8*1-2;/h2*7-9H,3-6H2,1-2H3;8H,3-7H2,1-2H3;7-9H,3-6H2,1-2H3;6-9H,3-5H2,1-2H3;7-8H,3-6H2,1-2H3;3*6-9H,3-5H2,1-2H3;8*1-2H3;1H4. The summed E-state index contributed by atoms with van der Waals surface area (Å²) < 4.78 is 0. The van der Waals surface area contributed by atoms with Gasteiger partial charge >= 0.3 is 0 Å². The average molecular weight is 1410 g/mol. The zero-order valence-electron chi connectivity index (χ0n) is 73.5. The Labute approximate surface area is 623 Å². The Morgan fingerprint density at radius 2 is 0.643 bits per heavy atom. The third-order valence-corrected chi connectivity index (χ3v) is 18.3. The van der Waals surface area contributed by atoms with Crippen LogP contribution in [-0.2, 0) is 0 Å². The molecular formula is C84H200N14. The summed E-state index contributed by atoms with van der Waals surface area (Å²) in [4.78, 5) is 5.06. The van der Waals surface area contributed by atoms with Gasteiger partial charge in [-0.1, -0.05) is 228 Å². The monoisotopic (exact) mass is 1410 g/mol. The van der Waals surface area contributed by atoms with E-state index in [2.05, 4.69) is 198 Å². The highest BCUT2D eigenvalue weighted by Gasteiger charge is 2.20. The van der Waals surface area contributed by atoms with E-state index >= 15 is 0 Å². The first kappa shape index (κ1) is 116. The second-order valence-corrected chi connectivity index (χ2v) is 28.2. The van der Waals surface area contributed by atoms with Crippen molar-refractivity contribution in [2.24, 2.45) is 59.2 Å². The number of nitrogens with zero attached hydrogens (tertiary/aromatic N) is 2. The molecule has 14 heteroatoms. The summed E-state index contributed by atoms with van der Waals surface area (Å²) in [6.07, 6.45) is 17.2. The summed E-state index contributed by atoms with van der Waals surface area (Å²) in [6, 6.07) is 3.74. The number of piperidine rings is 4. The maximum atomic E-state index is 3.52. The number of piperazine rings is 2. The van der Waals surface area contributed by atoms with Crippen molar-refractivity contribution < 1.29 is 0 Å². The van der Waals surface area contributed by atoms with Gasteiger partial charge < -0.3 is 68.7 Å². The number of nitrogens with one attached hydrogen (secondary N) is 12. The Balaban J connectivity index is -0.000000126. The SMILES string of the molecule is C.CC.CC.CC.CC.CC.CC.CC.CC.CC(C)C1CCCCN1.CC(C)C1CCCNC1.CC(C)C1CCNCC1.CC(C)C1CCNCN1.CC(C)C1CNCCN1.CC(C)C1CNCNC1.CC(C)C1NCCCN1.CC(C)N1CCCCC1.CC(C)N1CCNCC1. The largest absolute Gasteiger partial charge is 0.317 e. The lowest BCUT2D eigenvalue weighted by atomic mass is 9.87. The van der Waals surface area contributed by atoms with E-state index in [1.165, 1.54) is 169 Å². The van der Waals surface area contributed by atoms with Gasteiger partial charge in [0.1, 0.15) is 0 Å². The first-order chi connectivity index (χ1) is 46.7. The first-order valence-electron chi connectivity index (χ1n) is 42.8. The topological polar surface area (TPSA) is 151 Å². The predicted molar refractivity (Wildman–Crippen MR) is 456 cm³/mol. The lowest BCUT2D eigenvalue weighted by Gasteiger charge is -2.30. The molecule has 0 bridgehead atoms. The van der Waals surface area contributed by atoms with E-state index in [1.807, 2.05) is 111 Å². The second kappa shape index (κ2) is 90.7. The molecular weight excluding hydrogens is 1210 g/mol. The quantitative estimate of drug-likeness (QED) is 0.106. The van der Waals surface area contributed by atoms with Gasteiger partial charge in [-0.3, -0.25) is 4.90 Å².